The summed E-state index contributed by atoms with van der Waals surface area (Å²) < 4.78 is 3.21. The fourth-order valence-electron chi connectivity index (χ4n) is 2.38. The minimum atomic E-state index is -0.260. The van der Waals surface area contributed by atoms with Crippen LogP contribution >= 0.6 is 0 Å². The van der Waals surface area contributed by atoms with Crippen LogP contribution in [0.4, 0.5) is 0 Å². The Morgan fingerprint density at radius 2 is 1.86 bits per heavy atom. The zero-order chi connectivity index (χ0) is 15.0. The predicted molar refractivity (Wildman–Crippen MR) is 75.6 cm³/mol. The smallest absolute Gasteiger partial charge is 0.282 e. The van der Waals surface area contributed by atoms with Crippen LogP contribution in [-0.4, -0.2) is 34.3 Å². The minimum Gasteiger partial charge on any atom is -0.286 e. The number of rotatable bonds is 3. The van der Waals surface area contributed by atoms with Gasteiger partial charge in [0.1, 0.15) is 18.5 Å². The second-order valence-electron chi connectivity index (χ2n) is 5.12. The fourth-order valence-corrected chi connectivity index (χ4v) is 2.38. The van der Waals surface area contributed by atoms with E-state index in [4.69, 9.17) is 0 Å². The van der Waals surface area contributed by atoms with Crippen molar-refractivity contribution in [3.8, 4) is 0 Å². The Balaban J connectivity index is 2.24. The second-order valence-corrected chi connectivity index (χ2v) is 5.12. The summed E-state index contributed by atoms with van der Waals surface area (Å²) in [6.07, 6.45) is 5.98. The van der Waals surface area contributed by atoms with Crippen molar-refractivity contribution in [2.75, 3.05) is 0 Å². The van der Waals surface area contributed by atoms with E-state index in [1.807, 2.05) is 13.8 Å². The molecule has 3 rings (SSSR count). The van der Waals surface area contributed by atoms with Gasteiger partial charge in [0.25, 0.3) is 5.56 Å². The Kier molecular flexibility index (Phi) is 3.20. The molecule has 21 heavy (non-hydrogen) atoms. The van der Waals surface area contributed by atoms with Crippen LogP contribution in [0.3, 0.4) is 0 Å². The van der Waals surface area contributed by atoms with Crippen LogP contribution in [0.15, 0.2) is 29.8 Å². The standard InChI is InChI=1S/C13H15N7O/c1-8(2)10(12-16-6-18-19(12)3)20-7-17-11-9(13(20)21)14-4-5-15-11/h4-8,10H,1-3H3/t10-/m0/s1. The van der Waals surface area contributed by atoms with Crippen molar-refractivity contribution in [1.29, 1.82) is 0 Å². The fraction of sp³-hybridized carbons (Fsp3) is 0.385. The van der Waals surface area contributed by atoms with E-state index in [0.29, 0.717) is 11.5 Å². The zero-order valence-corrected chi connectivity index (χ0v) is 12.0. The van der Waals surface area contributed by atoms with Crippen LogP contribution < -0.4 is 5.56 Å². The Labute approximate surface area is 120 Å². The molecule has 0 saturated heterocycles. The quantitative estimate of drug-likeness (QED) is 0.698. The maximum Gasteiger partial charge on any atom is 0.282 e. The number of fused-ring (bicyclic) bond motifs is 1. The van der Waals surface area contributed by atoms with Crippen molar-refractivity contribution in [1.82, 2.24) is 34.3 Å². The molecule has 8 heteroatoms. The van der Waals surface area contributed by atoms with Gasteiger partial charge in [0.2, 0.25) is 0 Å². The Morgan fingerprint density at radius 1 is 1.10 bits per heavy atom. The van der Waals surface area contributed by atoms with Crippen molar-refractivity contribution in [3.63, 3.8) is 0 Å². The molecule has 0 amide bonds. The summed E-state index contributed by atoms with van der Waals surface area (Å²) in [5.74, 6) is 0.846. The summed E-state index contributed by atoms with van der Waals surface area (Å²) in [6.45, 7) is 4.04. The molecular weight excluding hydrogens is 270 g/mol. The van der Waals surface area contributed by atoms with Gasteiger partial charge in [0.15, 0.2) is 11.2 Å². The SMILES string of the molecule is CC(C)[C@@H](c1ncnn1C)n1cnc2nccnc2c1=O. The molecule has 0 N–H and O–H groups in total. The molecule has 3 heterocycles. The molecule has 0 bridgehead atoms. The molecular formula is C13H15N7O. The molecule has 0 aromatic carbocycles. The minimum absolute atomic E-state index is 0.140. The third-order valence-electron chi connectivity index (χ3n) is 3.36. The van der Waals surface area contributed by atoms with Gasteiger partial charge in [-0.1, -0.05) is 13.8 Å². The van der Waals surface area contributed by atoms with Crippen LogP contribution in [0.2, 0.25) is 0 Å². The van der Waals surface area contributed by atoms with Gasteiger partial charge in [-0.3, -0.25) is 14.0 Å². The number of hydrogen-bond acceptors (Lipinski definition) is 6. The van der Waals surface area contributed by atoms with Gasteiger partial charge in [-0.05, 0) is 5.92 Å². The van der Waals surface area contributed by atoms with Gasteiger partial charge in [-0.15, -0.1) is 0 Å². The second kappa shape index (κ2) is 5.04. The Bertz CT molecular complexity index is 836. The van der Waals surface area contributed by atoms with Crippen molar-refractivity contribution in [3.05, 3.63) is 41.2 Å². The van der Waals surface area contributed by atoms with Crippen LogP contribution in [0.25, 0.3) is 11.2 Å². The van der Waals surface area contributed by atoms with Crippen LogP contribution in [-0.2, 0) is 7.05 Å². The Morgan fingerprint density at radius 3 is 2.52 bits per heavy atom. The largest absolute Gasteiger partial charge is 0.286 e. The molecule has 1 atom stereocenters. The van der Waals surface area contributed by atoms with Gasteiger partial charge in [-0.2, -0.15) is 5.10 Å². The summed E-state index contributed by atoms with van der Waals surface area (Å²) >= 11 is 0. The molecule has 0 aliphatic carbocycles. The van der Waals surface area contributed by atoms with E-state index in [1.165, 1.54) is 25.0 Å². The summed E-state index contributed by atoms with van der Waals surface area (Å²) in [4.78, 5) is 29.3. The molecule has 108 valence electrons. The first kappa shape index (κ1) is 13.3. The van der Waals surface area contributed by atoms with E-state index in [0.717, 1.165) is 0 Å². The Hall–Kier alpha value is -2.64. The maximum atomic E-state index is 12.6. The first-order valence-corrected chi connectivity index (χ1v) is 6.61. The molecule has 0 aliphatic heterocycles. The molecule has 3 aromatic rings. The highest BCUT2D eigenvalue weighted by atomic mass is 16.1. The van der Waals surface area contributed by atoms with E-state index >= 15 is 0 Å². The first-order valence-electron chi connectivity index (χ1n) is 6.61. The molecule has 8 nitrogen and oxygen atoms in total. The molecule has 0 spiro atoms. The zero-order valence-electron chi connectivity index (χ0n) is 12.0. The number of aryl methyl sites for hydroxylation is 1. The molecule has 0 aliphatic rings. The van der Waals surface area contributed by atoms with Crippen molar-refractivity contribution < 1.29 is 0 Å². The monoisotopic (exact) mass is 285 g/mol. The van der Waals surface area contributed by atoms with Crippen molar-refractivity contribution in [2.45, 2.75) is 19.9 Å². The summed E-state index contributed by atoms with van der Waals surface area (Å²) in [7, 11) is 1.80. The molecule has 3 aromatic heterocycles. The number of aromatic nitrogens is 7. The third-order valence-corrected chi connectivity index (χ3v) is 3.36. The molecule has 0 fully saturated rings. The van der Waals surface area contributed by atoms with Crippen molar-refractivity contribution in [2.24, 2.45) is 13.0 Å². The molecule has 0 saturated carbocycles. The van der Waals surface area contributed by atoms with E-state index in [2.05, 4.69) is 25.0 Å². The average Bonchev–Trinajstić information content (AvgIpc) is 2.88. The first-order chi connectivity index (χ1) is 10.1. The van der Waals surface area contributed by atoms with Gasteiger partial charge in [0, 0.05) is 19.4 Å². The summed E-state index contributed by atoms with van der Waals surface area (Å²) in [6, 6.07) is -0.260. The number of hydrogen-bond donors (Lipinski definition) is 0. The van der Waals surface area contributed by atoms with E-state index in [-0.39, 0.29) is 23.0 Å². The third kappa shape index (κ3) is 2.18. The van der Waals surface area contributed by atoms with Crippen molar-refractivity contribution >= 4 is 11.2 Å². The van der Waals surface area contributed by atoms with Crippen LogP contribution in [0.5, 0.6) is 0 Å². The van der Waals surface area contributed by atoms with E-state index in [1.54, 1.807) is 16.3 Å². The number of nitrogens with zero attached hydrogens (tertiary/aromatic N) is 7. The lowest BCUT2D eigenvalue weighted by Gasteiger charge is -2.22. The molecule has 0 unspecified atom stereocenters. The topological polar surface area (TPSA) is 91.4 Å². The maximum absolute atomic E-state index is 12.6. The summed E-state index contributed by atoms with van der Waals surface area (Å²) in [5, 5.41) is 4.08. The predicted octanol–water partition coefficient (Wildman–Crippen LogP) is 0.560. The van der Waals surface area contributed by atoms with Crippen LogP contribution in [0.1, 0.15) is 25.7 Å². The highest BCUT2D eigenvalue weighted by Gasteiger charge is 2.24. The molecule has 0 radical (unpaired) electrons. The highest BCUT2D eigenvalue weighted by molar-refractivity contribution is 5.67. The lowest BCUT2D eigenvalue weighted by molar-refractivity contribution is 0.391. The highest BCUT2D eigenvalue weighted by Crippen LogP contribution is 2.22. The van der Waals surface area contributed by atoms with Gasteiger partial charge >= 0.3 is 0 Å². The van der Waals surface area contributed by atoms with Gasteiger partial charge in [-0.25, -0.2) is 19.9 Å². The van der Waals surface area contributed by atoms with E-state index in [9.17, 15) is 4.79 Å². The van der Waals surface area contributed by atoms with Crippen LogP contribution in [0, 0.1) is 5.92 Å². The lowest BCUT2D eigenvalue weighted by atomic mass is 10.0. The normalized spacial score (nSPS) is 13.0. The summed E-state index contributed by atoms with van der Waals surface area (Å²) in [5.41, 5.74) is 0.377. The van der Waals surface area contributed by atoms with Gasteiger partial charge < -0.3 is 0 Å². The van der Waals surface area contributed by atoms with E-state index < -0.39 is 0 Å². The van der Waals surface area contributed by atoms with Gasteiger partial charge in [0.05, 0.1) is 6.04 Å². The average molecular weight is 285 g/mol. The lowest BCUT2D eigenvalue weighted by Crippen LogP contribution is -2.31.